The number of benzene rings is 1. The van der Waals surface area contributed by atoms with Crippen molar-refractivity contribution in [2.45, 2.75) is 25.7 Å². The molecule has 2 rings (SSSR count). The fourth-order valence-corrected chi connectivity index (χ4v) is 1.94. The van der Waals surface area contributed by atoms with Crippen LogP contribution in [0.5, 0.6) is 5.75 Å². The summed E-state index contributed by atoms with van der Waals surface area (Å²) in [6.07, 6.45) is 1.43. The van der Waals surface area contributed by atoms with Crippen LogP contribution in [0.15, 0.2) is 18.2 Å². The van der Waals surface area contributed by atoms with Gasteiger partial charge in [-0.3, -0.25) is 4.79 Å². The van der Waals surface area contributed by atoms with Crippen LogP contribution in [0.25, 0.3) is 0 Å². The highest BCUT2D eigenvalue weighted by atomic mass is 16.6. The van der Waals surface area contributed by atoms with E-state index in [0.717, 1.165) is 12.0 Å². The molecule has 1 unspecified atom stereocenters. The lowest BCUT2D eigenvalue weighted by Gasteiger charge is -2.21. The van der Waals surface area contributed by atoms with E-state index in [-0.39, 0.29) is 5.92 Å². The Labute approximate surface area is 82.8 Å². The third-order valence-electron chi connectivity index (χ3n) is 2.84. The Morgan fingerprint density at radius 3 is 2.93 bits per heavy atom. The molecular formula is C11H13NO2. The summed E-state index contributed by atoms with van der Waals surface area (Å²) in [6.45, 7) is 1.95. The number of carbonyl (C=O) groups is 1. The molecule has 1 aliphatic carbocycles. The monoisotopic (exact) mass is 191 g/mol. The van der Waals surface area contributed by atoms with Gasteiger partial charge in [0, 0.05) is 12.3 Å². The highest BCUT2D eigenvalue weighted by Crippen LogP contribution is 2.30. The van der Waals surface area contributed by atoms with E-state index in [9.17, 15) is 4.79 Å². The van der Waals surface area contributed by atoms with Gasteiger partial charge in [0.2, 0.25) is 0 Å². The van der Waals surface area contributed by atoms with E-state index in [1.165, 1.54) is 5.56 Å². The van der Waals surface area contributed by atoms with Gasteiger partial charge in [-0.2, -0.15) is 5.90 Å². The van der Waals surface area contributed by atoms with Gasteiger partial charge < -0.3 is 4.84 Å². The first-order valence-corrected chi connectivity index (χ1v) is 4.74. The van der Waals surface area contributed by atoms with E-state index in [4.69, 9.17) is 5.90 Å². The lowest BCUT2D eigenvalue weighted by atomic mass is 9.83. The Kier molecular flexibility index (Phi) is 2.25. The lowest BCUT2D eigenvalue weighted by Crippen LogP contribution is -2.18. The Morgan fingerprint density at radius 1 is 1.43 bits per heavy atom. The Balaban J connectivity index is 2.43. The number of aryl methyl sites for hydroxylation is 1. The average molecular weight is 191 g/mol. The SMILES string of the molecule is CC1C(=O)CCc2cc(ON)ccc21. The molecule has 1 atom stereocenters. The van der Waals surface area contributed by atoms with Crippen molar-refractivity contribution in [3.63, 3.8) is 0 Å². The van der Waals surface area contributed by atoms with Gasteiger partial charge in [-0.1, -0.05) is 13.0 Å². The molecule has 0 fully saturated rings. The first kappa shape index (κ1) is 9.21. The average Bonchev–Trinajstić information content (AvgIpc) is 2.23. The maximum atomic E-state index is 11.5. The molecule has 0 spiro atoms. The highest BCUT2D eigenvalue weighted by molar-refractivity contribution is 5.87. The minimum atomic E-state index is 0.0191. The fraction of sp³-hybridized carbons (Fsp3) is 0.364. The highest BCUT2D eigenvalue weighted by Gasteiger charge is 2.23. The van der Waals surface area contributed by atoms with Crippen molar-refractivity contribution in [2.24, 2.45) is 5.90 Å². The summed E-state index contributed by atoms with van der Waals surface area (Å²) in [7, 11) is 0. The van der Waals surface area contributed by atoms with Crippen LogP contribution in [0.1, 0.15) is 30.4 Å². The molecule has 3 heteroatoms. The predicted octanol–water partition coefficient (Wildman–Crippen LogP) is 1.56. The quantitative estimate of drug-likeness (QED) is 0.685. The van der Waals surface area contributed by atoms with Crippen molar-refractivity contribution >= 4 is 5.78 Å². The van der Waals surface area contributed by atoms with E-state index in [2.05, 4.69) is 4.84 Å². The van der Waals surface area contributed by atoms with Crippen LogP contribution in [0.3, 0.4) is 0 Å². The van der Waals surface area contributed by atoms with Crippen LogP contribution in [-0.4, -0.2) is 5.78 Å². The molecule has 1 aliphatic rings. The largest absolute Gasteiger partial charge is 0.412 e. The molecule has 0 saturated heterocycles. The zero-order valence-electron chi connectivity index (χ0n) is 8.12. The van der Waals surface area contributed by atoms with Gasteiger partial charge in [0.15, 0.2) is 0 Å². The van der Waals surface area contributed by atoms with Crippen molar-refractivity contribution in [1.29, 1.82) is 0 Å². The van der Waals surface area contributed by atoms with Crippen LogP contribution in [-0.2, 0) is 11.2 Å². The van der Waals surface area contributed by atoms with Gasteiger partial charge in [-0.25, -0.2) is 0 Å². The van der Waals surface area contributed by atoms with Gasteiger partial charge in [-0.15, -0.1) is 0 Å². The lowest BCUT2D eigenvalue weighted by molar-refractivity contribution is -0.120. The minimum Gasteiger partial charge on any atom is -0.412 e. The van der Waals surface area contributed by atoms with Gasteiger partial charge in [-0.05, 0) is 29.7 Å². The molecule has 0 radical (unpaired) electrons. The summed E-state index contributed by atoms with van der Waals surface area (Å²) < 4.78 is 0. The van der Waals surface area contributed by atoms with Crippen molar-refractivity contribution in [1.82, 2.24) is 0 Å². The van der Waals surface area contributed by atoms with Gasteiger partial charge in [0.05, 0.1) is 0 Å². The van der Waals surface area contributed by atoms with E-state index < -0.39 is 0 Å². The normalized spacial score (nSPS) is 20.4. The number of carbonyl (C=O) groups excluding carboxylic acids is 1. The van der Waals surface area contributed by atoms with Crippen molar-refractivity contribution in [3.8, 4) is 5.75 Å². The molecule has 0 amide bonds. The first-order chi connectivity index (χ1) is 6.72. The molecule has 0 bridgehead atoms. The van der Waals surface area contributed by atoms with E-state index in [1.54, 1.807) is 6.07 Å². The van der Waals surface area contributed by atoms with Crippen LogP contribution in [0.4, 0.5) is 0 Å². The number of Topliss-reactive ketones (excluding diaryl/α,β-unsaturated/α-hetero) is 1. The van der Waals surface area contributed by atoms with Gasteiger partial charge >= 0.3 is 0 Å². The van der Waals surface area contributed by atoms with Crippen molar-refractivity contribution < 1.29 is 9.63 Å². The second kappa shape index (κ2) is 3.42. The van der Waals surface area contributed by atoms with E-state index in [1.807, 2.05) is 19.1 Å². The van der Waals surface area contributed by atoms with Crippen LogP contribution in [0.2, 0.25) is 0 Å². The molecule has 3 nitrogen and oxygen atoms in total. The van der Waals surface area contributed by atoms with Crippen molar-refractivity contribution in [3.05, 3.63) is 29.3 Å². The molecule has 1 aromatic rings. The maximum absolute atomic E-state index is 11.5. The van der Waals surface area contributed by atoms with Crippen molar-refractivity contribution in [2.75, 3.05) is 0 Å². The number of ketones is 1. The molecule has 1 aromatic carbocycles. The third-order valence-corrected chi connectivity index (χ3v) is 2.84. The summed E-state index contributed by atoms with van der Waals surface area (Å²) in [5, 5.41) is 0. The molecule has 2 N–H and O–H groups in total. The minimum absolute atomic E-state index is 0.0191. The maximum Gasteiger partial charge on any atom is 0.147 e. The molecule has 74 valence electrons. The molecule has 14 heavy (non-hydrogen) atoms. The van der Waals surface area contributed by atoms with Crippen LogP contribution < -0.4 is 10.7 Å². The molecule has 0 saturated carbocycles. The summed E-state index contributed by atoms with van der Waals surface area (Å²) in [6, 6.07) is 5.64. The van der Waals surface area contributed by atoms with E-state index in [0.29, 0.717) is 18.0 Å². The topological polar surface area (TPSA) is 52.3 Å². The Hall–Kier alpha value is -1.35. The Morgan fingerprint density at radius 2 is 2.21 bits per heavy atom. The molecular weight excluding hydrogens is 178 g/mol. The molecule has 0 heterocycles. The first-order valence-electron chi connectivity index (χ1n) is 4.74. The van der Waals surface area contributed by atoms with Gasteiger partial charge in [0.1, 0.15) is 11.5 Å². The second-order valence-electron chi connectivity index (χ2n) is 3.67. The van der Waals surface area contributed by atoms with Crippen LogP contribution >= 0.6 is 0 Å². The molecule has 0 aliphatic heterocycles. The number of nitrogens with two attached hydrogens (primary N) is 1. The van der Waals surface area contributed by atoms with Gasteiger partial charge in [0.25, 0.3) is 0 Å². The second-order valence-corrected chi connectivity index (χ2v) is 3.67. The number of fused-ring (bicyclic) bond motifs is 1. The summed E-state index contributed by atoms with van der Waals surface area (Å²) in [4.78, 5) is 16.1. The zero-order chi connectivity index (χ0) is 10.1. The predicted molar refractivity (Wildman–Crippen MR) is 53.0 cm³/mol. The molecule has 0 aromatic heterocycles. The number of hydrogen-bond acceptors (Lipinski definition) is 3. The fourth-order valence-electron chi connectivity index (χ4n) is 1.94. The van der Waals surface area contributed by atoms with Crippen LogP contribution in [0, 0.1) is 0 Å². The third kappa shape index (κ3) is 1.40. The standard InChI is InChI=1S/C11H13NO2/c1-7-10-4-3-9(14-12)6-8(10)2-5-11(7)13/h3-4,6-7H,2,5,12H2,1H3. The summed E-state index contributed by atoms with van der Waals surface area (Å²) >= 11 is 0. The number of rotatable bonds is 1. The smallest absolute Gasteiger partial charge is 0.147 e. The van der Waals surface area contributed by atoms with E-state index >= 15 is 0 Å². The summed E-state index contributed by atoms with van der Waals surface area (Å²) in [5.41, 5.74) is 2.29. The number of hydrogen-bond donors (Lipinski definition) is 1. The summed E-state index contributed by atoms with van der Waals surface area (Å²) in [5.74, 6) is 6.07. The Bertz CT molecular complexity index is 374. The zero-order valence-corrected chi connectivity index (χ0v) is 8.12.